The Bertz CT molecular complexity index is 526. The molecule has 3 N–H and O–H groups in total. The number of carbonyl (C=O) groups excluding carboxylic acids is 1. The number of amides is 2. The maximum absolute atomic E-state index is 12.1. The first-order valence-electron chi connectivity index (χ1n) is 8.16. The number of thiazole rings is 1. The second-order valence-electron chi connectivity index (χ2n) is 6.60. The Balaban J connectivity index is 1.44. The van der Waals surface area contributed by atoms with Crippen molar-refractivity contribution in [1.29, 1.82) is 0 Å². The van der Waals surface area contributed by atoms with Crippen LogP contribution >= 0.6 is 11.3 Å². The van der Waals surface area contributed by atoms with Crippen molar-refractivity contribution in [3.63, 3.8) is 0 Å². The molecule has 2 amide bonds. The third kappa shape index (κ3) is 3.13. The molecular formula is C16H25N3O2S. The Kier molecular flexibility index (Phi) is 4.68. The molecule has 2 fully saturated rings. The Morgan fingerprint density at radius 2 is 2.14 bits per heavy atom. The Labute approximate surface area is 135 Å². The van der Waals surface area contributed by atoms with Crippen molar-refractivity contribution in [3.05, 3.63) is 15.6 Å². The van der Waals surface area contributed by atoms with Gasteiger partial charge in [-0.25, -0.2) is 9.78 Å². The van der Waals surface area contributed by atoms with Crippen molar-refractivity contribution in [2.45, 2.75) is 45.6 Å². The first-order valence-corrected chi connectivity index (χ1v) is 8.98. The highest BCUT2D eigenvalue weighted by Crippen LogP contribution is 2.48. The fourth-order valence-electron chi connectivity index (χ4n) is 4.03. The largest absolute Gasteiger partial charge is 0.396 e. The summed E-state index contributed by atoms with van der Waals surface area (Å²) in [6, 6.07) is 0.0362. The lowest BCUT2D eigenvalue weighted by molar-refractivity contribution is 0.144. The number of hydrogen-bond donors (Lipinski definition) is 3. The molecule has 4 atom stereocenters. The van der Waals surface area contributed by atoms with Gasteiger partial charge in [-0.2, -0.15) is 0 Å². The van der Waals surface area contributed by atoms with Gasteiger partial charge in [-0.15, -0.1) is 11.3 Å². The van der Waals surface area contributed by atoms with Gasteiger partial charge in [0.2, 0.25) is 0 Å². The van der Waals surface area contributed by atoms with Crippen molar-refractivity contribution >= 4 is 17.4 Å². The van der Waals surface area contributed by atoms with Crippen molar-refractivity contribution in [2.75, 3.05) is 13.2 Å². The molecular weight excluding hydrogens is 298 g/mol. The number of nitrogens with zero attached hydrogens (tertiary/aromatic N) is 1. The van der Waals surface area contributed by atoms with Gasteiger partial charge in [0.15, 0.2) is 0 Å². The predicted molar refractivity (Wildman–Crippen MR) is 87.0 cm³/mol. The van der Waals surface area contributed by atoms with E-state index >= 15 is 0 Å². The fourth-order valence-corrected chi connectivity index (χ4v) is 4.96. The molecule has 2 aliphatic carbocycles. The smallest absolute Gasteiger partial charge is 0.315 e. The van der Waals surface area contributed by atoms with E-state index in [4.69, 9.17) is 0 Å². The quantitative estimate of drug-likeness (QED) is 0.776. The van der Waals surface area contributed by atoms with Crippen LogP contribution in [0.15, 0.2) is 0 Å². The summed E-state index contributed by atoms with van der Waals surface area (Å²) in [7, 11) is 0. The summed E-state index contributed by atoms with van der Waals surface area (Å²) in [6.45, 7) is 4.87. The van der Waals surface area contributed by atoms with Crippen LogP contribution in [0.2, 0.25) is 0 Å². The molecule has 1 aromatic heterocycles. The number of carbonyl (C=O) groups is 1. The third-order valence-electron chi connectivity index (χ3n) is 5.29. The van der Waals surface area contributed by atoms with Gasteiger partial charge in [0.05, 0.1) is 10.7 Å². The Morgan fingerprint density at radius 1 is 1.36 bits per heavy atom. The zero-order valence-corrected chi connectivity index (χ0v) is 14.1. The maximum atomic E-state index is 12.1. The topological polar surface area (TPSA) is 74.2 Å². The van der Waals surface area contributed by atoms with Crippen molar-refractivity contribution in [1.82, 2.24) is 15.6 Å². The monoisotopic (exact) mass is 323 g/mol. The summed E-state index contributed by atoms with van der Waals surface area (Å²) in [6.07, 6.45) is 4.32. The van der Waals surface area contributed by atoms with Crippen LogP contribution in [0.1, 0.15) is 34.8 Å². The number of aromatic nitrogens is 1. The van der Waals surface area contributed by atoms with Gasteiger partial charge >= 0.3 is 6.03 Å². The minimum Gasteiger partial charge on any atom is -0.396 e. The van der Waals surface area contributed by atoms with Crippen molar-refractivity contribution < 1.29 is 9.90 Å². The zero-order valence-electron chi connectivity index (χ0n) is 13.3. The summed E-state index contributed by atoms with van der Waals surface area (Å²) in [5.74, 6) is 1.40. The maximum Gasteiger partial charge on any atom is 0.315 e. The molecule has 22 heavy (non-hydrogen) atoms. The molecule has 4 unspecified atom stereocenters. The first-order chi connectivity index (χ1) is 10.6. The first kappa shape index (κ1) is 15.7. The van der Waals surface area contributed by atoms with Crippen molar-refractivity contribution in [2.24, 2.45) is 17.8 Å². The lowest BCUT2D eigenvalue weighted by Gasteiger charge is -2.30. The van der Waals surface area contributed by atoms with Crippen LogP contribution in [0, 0.1) is 31.6 Å². The molecule has 2 aliphatic rings. The van der Waals surface area contributed by atoms with Gasteiger partial charge in [-0.05, 0) is 44.9 Å². The van der Waals surface area contributed by atoms with Crippen LogP contribution in [0.5, 0.6) is 0 Å². The number of aryl methyl sites for hydroxylation is 2. The van der Waals surface area contributed by atoms with Crippen LogP contribution in [0.25, 0.3) is 0 Å². The number of aliphatic hydroxyl groups excluding tert-OH is 1. The average Bonchev–Trinajstić information content (AvgIpc) is 3.15. The third-order valence-corrected chi connectivity index (χ3v) is 6.43. The Morgan fingerprint density at radius 3 is 2.82 bits per heavy atom. The molecule has 122 valence electrons. The molecule has 3 rings (SSSR count). The number of rotatable bonds is 5. The number of fused-ring (bicyclic) bond motifs is 2. The number of hydrogen-bond acceptors (Lipinski definition) is 4. The molecule has 0 aliphatic heterocycles. The molecule has 1 aromatic rings. The number of nitrogens with one attached hydrogen (secondary N) is 2. The fraction of sp³-hybridized carbons (Fsp3) is 0.750. The summed E-state index contributed by atoms with van der Waals surface area (Å²) in [4.78, 5) is 17.8. The zero-order chi connectivity index (χ0) is 15.7. The second kappa shape index (κ2) is 6.54. The highest BCUT2D eigenvalue weighted by Gasteiger charge is 2.47. The van der Waals surface area contributed by atoms with Gasteiger partial charge in [0, 0.05) is 36.4 Å². The van der Waals surface area contributed by atoms with Crippen LogP contribution < -0.4 is 10.6 Å². The van der Waals surface area contributed by atoms with Gasteiger partial charge < -0.3 is 15.7 Å². The normalized spacial score (nSPS) is 29.8. The molecule has 2 saturated carbocycles. The molecule has 0 radical (unpaired) electrons. The second-order valence-corrected chi connectivity index (χ2v) is 7.89. The van der Waals surface area contributed by atoms with E-state index in [1.807, 2.05) is 6.92 Å². The van der Waals surface area contributed by atoms with Gasteiger partial charge in [0.25, 0.3) is 0 Å². The molecule has 0 saturated heterocycles. The van der Waals surface area contributed by atoms with Crippen LogP contribution in [0.3, 0.4) is 0 Å². The summed E-state index contributed by atoms with van der Waals surface area (Å²) in [5.41, 5.74) is 1.08. The van der Waals surface area contributed by atoms with E-state index < -0.39 is 0 Å². The summed E-state index contributed by atoms with van der Waals surface area (Å²) in [5, 5.41) is 16.6. The van der Waals surface area contributed by atoms with Crippen LogP contribution in [0.4, 0.5) is 4.79 Å². The van der Waals surface area contributed by atoms with Crippen LogP contribution in [-0.2, 0) is 6.42 Å². The minimum absolute atomic E-state index is 0.110. The van der Waals surface area contributed by atoms with E-state index in [0.717, 1.165) is 23.5 Å². The lowest BCUT2D eigenvalue weighted by atomic mass is 9.85. The lowest BCUT2D eigenvalue weighted by Crippen LogP contribution is -2.49. The average molecular weight is 323 g/mol. The molecule has 0 spiro atoms. The van der Waals surface area contributed by atoms with Crippen LogP contribution in [-0.4, -0.2) is 35.3 Å². The SMILES string of the molecule is Cc1nc(CCNC(=O)NC2C3CCC(C3)C2CO)sc1C. The van der Waals surface area contributed by atoms with E-state index in [2.05, 4.69) is 22.5 Å². The van der Waals surface area contributed by atoms with E-state index in [1.54, 1.807) is 11.3 Å². The standard InChI is InChI=1S/C16H25N3O2S/c1-9-10(2)22-14(18-9)5-6-17-16(21)19-15-12-4-3-11(7-12)13(15)8-20/h11-13,15,20H,3-8H2,1-2H3,(H2,17,19,21). The summed E-state index contributed by atoms with van der Waals surface area (Å²) < 4.78 is 0. The number of aliphatic hydroxyl groups is 1. The molecule has 0 aromatic carbocycles. The molecule has 6 heteroatoms. The minimum atomic E-state index is -0.110. The van der Waals surface area contributed by atoms with Gasteiger partial charge in [-0.3, -0.25) is 0 Å². The van der Waals surface area contributed by atoms with E-state index in [0.29, 0.717) is 18.4 Å². The van der Waals surface area contributed by atoms with E-state index in [1.165, 1.54) is 17.7 Å². The van der Waals surface area contributed by atoms with E-state index in [-0.39, 0.29) is 24.6 Å². The molecule has 5 nitrogen and oxygen atoms in total. The van der Waals surface area contributed by atoms with Gasteiger partial charge in [-0.1, -0.05) is 0 Å². The molecule has 1 heterocycles. The molecule has 2 bridgehead atoms. The Hall–Kier alpha value is -1.14. The van der Waals surface area contributed by atoms with Gasteiger partial charge in [0.1, 0.15) is 0 Å². The predicted octanol–water partition coefficient (Wildman–Crippen LogP) is 2.01. The van der Waals surface area contributed by atoms with E-state index in [9.17, 15) is 9.90 Å². The summed E-state index contributed by atoms with van der Waals surface area (Å²) >= 11 is 1.70. The number of urea groups is 1. The van der Waals surface area contributed by atoms with Crippen molar-refractivity contribution in [3.8, 4) is 0 Å². The highest BCUT2D eigenvalue weighted by molar-refractivity contribution is 7.11. The highest BCUT2D eigenvalue weighted by atomic mass is 32.1.